The molecule has 0 aromatic heterocycles. The van der Waals surface area contributed by atoms with E-state index >= 15 is 0 Å². The van der Waals surface area contributed by atoms with E-state index in [9.17, 15) is 9.59 Å². The number of amides is 1. The van der Waals surface area contributed by atoms with Crippen LogP contribution in [0, 0.1) is 11.8 Å². The molecule has 0 radical (unpaired) electrons. The zero-order chi connectivity index (χ0) is 16.1. The SMILES string of the molecule is CCCCC(CC)C(=O)NCCC(CCC)CCC(=O)O. The lowest BCUT2D eigenvalue weighted by molar-refractivity contribution is -0.137. The molecule has 2 N–H and O–H groups in total. The van der Waals surface area contributed by atoms with Crippen molar-refractivity contribution in [2.24, 2.45) is 11.8 Å². The highest BCUT2D eigenvalue weighted by atomic mass is 16.4. The van der Waals surface area contributed by atoms with Gasteiger partial charge in [-0.25, -0.2) is 0 Å². The lowest BCUT2D eigenvalue weighted by Gasteiger charge is -2.18. The first-order valence-electron chi connectivity index (χ1n) is 8.54. The average Bonchev–Trinajstić information content (AvgIpc) is 2.45. The van der Waals surface area contributed by atoms with Crippen molar-refractivity contribution in [1.82, 2.24) is 5.32 Å². The zero-order valence-electron chi connectivity index (χ0n) is 14.0. The van der Waals surface area contributed by atoms with E-state index in [1.54, 1.807) is 0 Å². The molecule has 0 aromatic carbocycles. The summed E-state index contributed by atoms with van der Waals surface area (Å²) in [6.45, 7) is 6.99. The fourth-order valence-corrected chi connectivity index (χ4v) is 2.68. The monoisotopic (exact) mass is 299 g/mol. The van der Waals surface area contributed by atoms with E-state index < -0.39 is 5.97 Å². The molecule has 0 aliphatic heterocycles. The molecule has 0 spiro atoms. The quantitative estimate of drug-likeness (QED) is 0.540. The van der Waals surface area contributed by atoms with E-state index in [1.807, 2.05) is 0 Å². The molecular formula is C17H33NO3. The normalized spacial score (nSPS) is 13.7. The summed E-state index contributed by atoms with van der Waals surface area (Å²) in [7, 11) is 0. The van der Waals surface area contributed by atoms with Crippen LogP contribution in [0.1, 0.15) is 78.6 Å². The highest BCUT2D eigenvalue weighted by molar-refractivity contribution is 5.78. The van der Waals surface area contributed by atoms with Crippen LogP contribution in [0.2, 0.25) is 0 Å². The lowest BCUT2D eigenvalue weighted by atomic mass is 9.94. The summed E-state index contributed by atoms with van der Waals surface area (Å²) in [5.74, 6) is -0.0269. The maximum absolute atomic E-state index is 12.1. The van der Waals surface area contributed by atoms with Crippen LogP contribution >= 0.6 is 0 Å². The van der Waals surface area contributed by atoms with E-state index in [2.05, 4.69) is 26.1 Å². The molecule has 0 aliphatic carbocycles. The van der Waals surface area contributed by atoms with Gasteiger partial charge in [0, 0.05) is 18.9 Å². The Morgan fingerprint density at radius 3 is 2.24 bits per heavy atom. The summed E-state index contributed by atoms with van der Waals surface area (Å²) in [5.41, 5.74) is 0. The van der Waals surface area contributed by atoms with Gasteiger partial charge in [-0.05, 0) is 31.6 Å². The minimum Gasteiger partial charge on any atom is -0.481 e. The number of carboxylic acids is 1. The highest BCUT2D eigenvalue weighted by Gasteiger charge is 2.16. The van der Waals surface area contributed by atoms with Crippen LogP contribution in [0.15, 0.2) is 0 Å². The molecule has 124 valence electrons. The summed E-state index contributed by atoms with van der Waals surface area (Å²) in [5, 5.41) is 11.8. The summed E-state index contributed by atoms with van der Waals surface area (Å²) < 4.78 is 0. The fraction of sp³-hybridized carbons (Fsp3) is 0.882. The first-order valence-corrected chi connectivity index (χ1v) is 8.54. The van der Waals surface area contributed by atoms with Crippen LogP contribution in [0.25, 0.3) is 0 Å². The Morgan fingerprint density at radius 1 is 1.00 bits per heavy atom. The number of hydrogen-bond acceptors (Lipinski definition) is 2. The number of rotatable bonds is 13. The Balaban J connectivity index is 4.04. The number of carbonyl (C=O) groups is 2. The molecule has 0 aliphatic rings. The van der Waals surface area contributed by atoms with Crippen molar-refractivity contribution in [2.75, 3.05) is 6.54 Å². The van der Waals surface area contributed by atoms with Gasteiger partial charge < -0.3 is 10.4 Å². The molecule has 0 aromatic rings. The van der Waals surface area contributed by atoms with E-state index in [1.165, 1.54) is 0 Å². The Bertz CT molecular complexity index is 292. The Labute approximate surface area is 129 Å². The van der Waals surface area contributed by atoms with E-state index in [4.69, 9.17) is 5.11 Å². The van der Waals surface area contributed by atoms with Gasteiger partial charge in [-0.2, -0.15) is 0 Å². The molecule has 21 heavy (non-hydrogen) atoms. The molecule has 2 atom stereocenters. The minimum atomic E-state index is -0.731. The fourth-order valence-electron chi connectivity index (χ4n) is 2.68. The highest BCUT2D eigenvalue weighted by Crippen LogP contribution is 2.18. The average molecular weight is 299 g/mol. The number of hydrogen-bond donors (Lipinski definition) is 2. The van der Waals surface area contributed by atoms with Gasteiger partial charge in [0.15, 0.2) is 0 Å². The standard InChI is InChI=1S/C17H33NO3/c1-4-7-9-15(6-3)17(21)18-13-12-14(8-5-2)10-11-16(19)20/h14-15H,4-13H2,1-3H3,(H,18,21)(H,19,20). The number of nitrogens with one attached hydrogen (secondary N) is 1. The van der Waals surface area contributed by atoms with Gasteiger partial charge in [0.1, 0.15) is 0 Å². The first kappa shape index (κ1) is 19.9. The molecular weight excluding hydrogens is 266 g/mol. The van der Waals surface area contributed by atoms with Crippen molar-refractivity contribution in [1.29, 1.82) is 0 Å². The largest absolute Gasteiger partial charge is 0.481 e. The van der Waals surface area contributed by atoms with Gasteiger partial charge in [-0.1, -0.05) is 46.5 Å². The predicted octanol–water partition coefficient (Wildman–Crippen LogP) is 3.99. The van der Waals surface area contributed by atoms with Crippen molar-refractivity contribution in [3.63, 3.8) is 0 Å². The molecule has 4 heteroatoms. The van der Waals surface area contributed by atoms with E-state index in [0.717, 1.165) is 44.9 Å². The summed E-state index contributed by atoms with van der Waals surface area (Å²) >= 11 is 0. The summed E-state index contributed by atoms with van der Waals surface area (Å²) in [6, 6.07) is 0. The second-order valence-electron chi connectivity index (χ2n) is 5.91. The van der Waals surface area contributed by atoms with E-state index in [-0.39, 0.29) is 18.2 Å². The Morgan fingerprint density at radius 2 is 1.71 bits per heavy atom. The molecule has 4 nitrogen and oxygen atoms in total. The Kier molecular flexibility index (Phi) is 12.0. The van der Waals surface area contributed by atoms with Crippen molar-refractivity contribution < 1.29 is 14.7 Å². The van der Waals surface area contributed by atoms with Gasteiger partial charge in [-0.15, -0.1) is 0 Å². The van der Waals surface area contributed by atoms with Gasteiger partial charge in [0.2, 0.25) is 5.91 Å². The Hall–Kier alpha value is -1.06. The van der Waals surface area contributed by atoms with Gasteiger partial charge in [-0.3, -0.25) is 9.59 Å². The molecule has 0 rings (SSSR count). The second-order valence-corrected chi connectivity index (χ2v) is 5.91. The van der Waals surface area contributed by atoms with Crippen LogP contribution in [-0.2, 0) is 9.59 Å². The molecule has 0 fully saturated rings. The number of carboxylic acid groups (broad SMARTS) is 1. The molecule has 0 bridgehead atoms. The number of carbonyl (C=O) groups excluding carboxylic acids is 1. The maximum Gasteiger partial charge on any atom is 0.303 e. The van der Waals surface area contributed by atoms with Crippen molar-refractivity contribution in [3.05, 3.63) is 0 Å². The van der Waals surface area contributed by atoms with Gasteiger partial charge in [0.05, 0.1) is 0 Å². The second kappa shape index (κ2) is 12.7. The van der Waals surface area contributed by atoms with Gasteiger partial charge in [0.25, 0.3) is 0 Å². The van der Waals surface area contributed by atoms with Crippen LogP contribution in [0.4, 0.5) is 0 Å². The van der Waals surface area contributed by atoms with Crippen molar-refractivity contribution in [3.8, 4) is 0 Å². The minimum absolute atomic E-state index is 0.133. The zero-order valence-corrected chi connectivity index (χ0v) is 14.0. The third-order valence-electron chi connectivity index (χ3n) is 4.08. The van der Waals surface area contributed by atoms with Crippen LogP contribution in [0.5, 0.6) is 0 Å². The van der Waals surface area contributed by atoms with Gasteiger partial charge >= 0.3 is 5.97 Å². The van der Waals surface area contributed by atoms with Crippen LogP contribution in [-0.4, -0.2) is 23.5 Å². The van der Waals surface area contributed by atoms with Crippen LogP contribution in [0.3, 0.4) is 0 Å². The number of aliphatic carboxylic acids is 1. The van der Waals surface area contributed by atoms with E-state index in [0.29, 0.717) is 18.9 Å². The van der Waals surface area contributed by atoms with Crippen molar-refractivity contribution >= 4 is 11.9 Å². The van der Waals surface area contributed by atoms with Crippen LogP contribution < -0.4 is 5.32 Å². The summed E-state index contributed by atoms with van der Waals surface area (Å²) in [4.78, 5) is 22.7. The lowest BCUT2D eigenvalue weighted by Crippen LogP contribution is -2.32. The number of unbranched alkanes of at least 4 members (excludes halogenated alkanes) is 1. The third-order valence-corrected chi connectivity index (χ3v) is 4.08. The third kappa shape index (κ3) is 10.3. The molecule has 0 heterocycles. The summed E-state index contributed by atoms with van der Waals surface area (Å²) in [6.07, 6.45) is 8.01. The predicted molar refractivity (Wildman–Crippen MR) is 86.2 cm³/mol. The molecule has 0 saturated heterocycles. The first-order chi connectivity index (χ1) is 10.0. The topological polar surface area (TPSA) is 66.4 Å². The molecule has 1 amide bonds. The molecule has 2 unspecified atom stereocenters. The molecule has 0 saturated carbocycles. The van der Waals surface area contributed by atoms with Crippen molar-refractivity contribution in [2.45, 2.75) is 78.6 Å². The smallest absolute Gasteiger partial charge is 0.303 e. The maximum atomic E-state index is 12.1.